The lowest BCUT2D eigenvalue weighted by Gasteiger charge is -2.31. The fourth-order valence-electron chi connectivity index (χ4n) is 2.81. The number of nitrogens with one attached hydrogen (secondary N) is 1. The van der Waals surface area contributed by atoms with E-state index in [0.717, 1.165) is 37.1 Å². The van der Waals surface area contributed by atoms with Crippen molar-refractivity contribution in [2.24, 2.45) is 0 Å². The van der Waals surface area contributed by atoms with Gasteiger partial charge in [-0.3, -0.25) is 9.69 Å². The van der Waals surface area contributed by atoms with Gasteiger partial charge in [0.2, 0.25) is 0 Å². The quantitative estimate of drug-likeness (QED) is 0.842. The number of aryl methyl sites for hydroxylation is 2. The van der Waals surface area contributed by atoms with E-state index in [2.05, 4.69) is 30.3 Å². The van der Waals surface area contributed by atoms with Crippen LogP contribution in [-0.4, -0.2) is 43.4 Å². The zero-order chi connectivity index (χ0) is 13.8. The average Bonchev–Trinajstić information content (AvgIpc) is 2.39. The second-order valence-electron chi connectivity index (χ2n) is 5.64. The molecule has 1 aromatic rings. The minimum absolute atomic E-state index is 0.235. The van der Waals surface area contributed by atoms with Gasteiger partial charge in [-0.2, -0.15) is 0 Å². The monoisotopic (exact) mass is 260 g/mol. The van der Waals surface area contributed by atoms with Gasteiger partial charge in [-0.25, -0.2) is 0 Å². The zero-order valence-electron chi connectivity index (χ0n) is 12.2. The van der Waals surface area contributed by atoms with Crippen LogP contribution in [0.2, 0.25) is 0 Å². The Hall–Kier alpha value is -1.19. The first kappa shape index (κ1) is 14.2. The number of ketones is 1. The zero-order valence-corrected chi connectivity index (χ0v) is 12.2. The highest BCUT2D eigenvalue weighted by molar-refractivity contribution is 5.98. The summed E-state index contributed by atoms with van der Waals surface area (Å²) in [6.45, 7) is 6.72. The van der Waals surface area contributed by atoms with Gasteiger partial charge in [-0.05, 0) is 52.4 Å². The molecule has 0 unspecified atom stereocenters. The van der Waals surface area contributed by atoms with E-state index >= 15 is 0 Å². The molecule has 1 aromatic carbocycles. The fourth-order valence-corrected chi connectivity index (χ4v) is 2.81. The summed E-state index contributed by atoms with van der Waals surface area (Å²) in [5.41, 5.74) is 3.16. The minimum Gasteiger partial charge on any atom is -0.317 e. The largest absolute Gasteiger partial charge is 0.317 e. The van der Waals surface area contributed by atoms with E-state index in [1.165, 1.54) is 5.56 Å². The van der Waals surface area contributed by atoms with Crippen LogP contribution in [0, 0.1) is 13.8 Å². The van der Waals surface area contributed by atoms with Crippen LogP contribution in [0.1, 0.15) is 34.3 Å². The minimum atomic E-state index is 0.235. The lowest BCUT2D eigenvalue weighted by atomic mass is 10.0. The standard InChI is InChI=1S/C16H24N2O/c1-12-4-5-15(13(2)10-12)16(19)11-18(3)14-6-8-17-9-7-14/h4-5,10,14,17H,6-9,11H2,1-3H3. The van der Waals surface area contributed by atoms with E-state index in [1.807, 2.05) is 19.1 Å². The average molecular weight is 260 g/mol. The van der Waals surface area contributed by atoms with Gasteiger partial charge in [0.1, 0.15) is 0 Å². The van der Waals surface area contributed by atoms with Gasteiger partial charge in [0.05, 0.1) is 6.54 Å². The van der Waals surface area contributed by atoms with Crippen LogP contribution in [0.25, 0.3) is 0 Å². The first-order valence-electron chi connectivity index (χ1n) is 7.09. The maximum Gasteiger partial charge on any atom is 0.177 e. The van der Waals surface area contributed by atoms with Crippen LogP contribution in [0.3, 0.4) is 0 Å². The number of carbonyl (C=O) groups excluding carboxylic acids is 1. The number of piperidine rings is 1. The predicted octanol–water partition coefficient (Wildman–Crippen LogP) is 2.17. The Morgan fingerprint density at radius 3 is 2.63 bits per heavy atom. The maximum absolute atomic E-state index is 12.4. The molecule has 3 heteroatoms. The molecule has 1 aliphatic heterocycles. The fraction of sp³-hybridized carbons (Fsp3) is 0.562. The molecule has 0 atom stereocenters. The molecule has 1 heterocycles. The molecule has 2 rings (SSSR count). The molecule has 0 saturated carbocycles. The highest BCUT2D eigenvalue weighted by Gasteiger charge is 2.20. The molecule has 0 aromatic heterocycles. The molecule has 0 amide bonds. The Labute approximate surface area is 116 Å². The number of benzene rings is 1. The topological polar surface area (TPSA) is 32.3 Å². The van der Waals surface area contributed by atoms with Crippen LogP contribution in [0.15, 0.2) is 18.2 Å². The maximum atomic E-state index is 12.4. The Morgan fingerprint density at radius 2 is 2.00 bits per heavy atom. The molecule has 0 spiro atoms. The number of hydrogen-bond acceptors (Lipinski definition) is 3. The molecule has 1 fully saturated rings. The van der Waals surface area contributed by atoms with Gasteiger partial charge in [-0.15, -0.1) is 0 Å². The lowest BCUT2D eigenvalue weighted by molar-refractivity contribution is 0.0903. The first-order valence-corrected chi connectivity index (χ1v) is 7.09. The van der Waals surface area contributed by atoms with Gasteiger partial charge < -0.3 is 5.32 Å². The second-order valence-corrected chi connectivity index (χ2v) is 5.64. The van der Waals surface area contributed by atoms with Gasteiger partial charge in [0.25, 0.3) is 0 Å². The summed E-state index contributed by atoms with van der Waals surface area (Å²) in [4.78, 5) is 14.6. The van der Waals surface area contributed by atoms with Crippen molar-refractivity contribution in [1.29, 1.82) is 0 Å². The van der Waals surface area contributed by atoms with Crippen molar-refractivity contribution >= 4 is 5.78 Å². The van der Waals surface area contributed by atoms with Crippen LogP contribution in [-0.2, 0) is 0 Å². The molecule has 1 aliphatic rings. The molecule has 104 valence electrons. The molecule has 1 saturated heterocycles. The van der Waals surface area contributed by atoms with E-state index in [-0.39, 0.29) is 5.78 Å². The molecular formula is C16H24N2O. The Kier molecular flexibility index (Phi) is 4.72. The summed E-state index contributed by atoms with van der Waals surface area (Å²) in [6.07, 6.45) is 2.27. The number of carbonyl (C=O) groups is 1. The molecule has 1 N–H and O–H groups in total. The SMILES string of the molecule is Cc1ccc(C(=O)CN(C)C2CCNCC2)c(C)c1. The molecule has 19 heavy (non-hydrogen) atoms. The third-order valence-corrected chi connectivity index (χ3v) is 4.01. The van der Waals surface area contributed by atoms with Gasteiger partial charge in [0.15, 0.2) is 5.78 Å². The summed E-state index contributed by atoms with van der Waals surface area (Å²) in [5.74, 6) is 0.235. The number of hydrogen-bond donors (Lipinski definition) is 1. The van der Waals surface area contributed by atoms with Crippen LogP contribution in [0.5, 0.6) is 0 Å². The Bertz CT molecular complexity index is 450. The number of rotatable bonds is 4. The molecule has 0 bridgehead atoms. The molecule has 0 radical (unpaired) electrons. The molecular weight excluding hydrogens is 236 g/mol. The summed E-state index contributed by atoms with van der Waals surface area (Å²) in [6, 6.07) is 6.60. The third-order valence-electron chi connectivity index (χ3n) is 4.01. The van der Waals surface area contributed by atoms with E-state index in [9.17, 15) is 4.79 Å². The van der Waals surface area contributed by atoms with E-state index in [0.29, 0.717) is 12.6 Å². The number of Topliss-reactive ketones (excluding diaryl/α,β-unsaturated/α-hetero) is 1. The highest BCUT2D eigenvalue weighted by atomic mass is 16.1. The summed E-state index contributed by atoms with van der Waals surface area (Å²) < 4.78 is 0. The van der Waals surface area contributed by atoms with Gasteiger partial charge >= 0.3 is 0 Å². The Morgan fingerprint density at radius 1 is 1.32 bits per heavy atom. The second kappa shape index (κ2) is 6.31. The summed E-state index contributed by atoms with van der Waals surface area (Å²) >= 11 is 0. The van der Waals surface area contributed by atoms with Crippen molar-refractivity contribution in [3.05, 3.63) is 34.9 Å². The van der Waals surface area contributed by atoms with Crippen LogP contribution in [0.4, 0.5) is 0 Å². The van der Waals surface area contributed by atoms with Crippen molar-refractivity contribution < 1.29 is 4.79 Å². The van der Waals surface area contributed by atoms with E-state index < -0.39 is 0 Å². The highest BCUT2D eigenvalue weighted by Crippen LogP contribution is 2.14. The summed E-state index contributed by atoms with van der Waals surface area (Å²) in [7, 11) is 2.07. The third kappa shape index (κ3) is 3.64. The van der Waals surface area contributed by atoms with E-state index in [1.54, 1.807) is 0 Å². The van der Waals surface area contributed by atoms with Crippen LogP contribution >= 0.6 is 0 Å². The Balaban J connectivity index is 1.99. The van der Waals surface area contributed by atoms with Crippen molar-refractivity contribution in [2.75, 3.05) is 26.7 Å². The van der Waals surface area contributed by atoms with Crippen molar-refractivity contribution in [1.82, 2.24) is 10.2 Å². The van der Waals surface area contributed by atoms with Crippen molar-refractivity contribution in [3.8, 4) is 0 Å². The van der Waals surface area contributed by atoms with Crippen molar-refractivity contribution in [2.45, 2.75) is 32.7 Å². The number of likely N-dealkylation sites (N-methyl/N-ethyl adjacent to an activating group) is 1. The molecule has 0 aliphatic carbocycles. The van der Waals surface area contributed by atoms with Gasteiger partial charge in [0, 0.05) is 11.6 Å². The molecule has 3 nitrogen and oxygen atoms in total. The van der Waals surface area contributed by atoms with Crippen molar-refractivity contribution in [3.63, 3.8) is 0 Å². The summed E-state index contributed by atoms with van der Waals surface area (Å²) in [5, 5.41) is 3.36. The smallest absolute Gasteiger partial charge is 0.177 e. The lowest BCUT2D eigenvalue weighted by Crippen LogP contribution is -2.43. The normalized spacial score (nSPS) is 16.8. The first-order chi connectivity index (χ1) is 9.08. The predicted molar refractivity (Wildman–Crippen MR) is 78.8 cm³/mol. The van der Waals surface area contributed by atoms with E-state index in [4.69, 9.17) is 0 Å². The van der Waals surface area contributed by atoms with Crippen LogP contribution < -0.4 is 5.32 Å². The number of nitrogens with zero attached hydrogens (tertiary/aromatic N) is 1. The van der Waals surface area contributed by atoms with Gasteiger partial charge in [-0.1, -0.05) is 23.8 Å².